The number of rotatable bonds is 4. The number of anilines is 1. The van der Waals surface area contributed by atoms with E-state index >= 15 is 0 Å². The summed E-state index contributed by atoms with van der Waals surface area (Å²) in [7, 11) is 1.64. The van der Waals surface area contributed by atoms with E-state index in [0.717, 1.165) is 0 Å². The maximum absolute atomic E-state index is 11.8. The maximum atomic E-state index is 11.8. The van der Waals surface area contributed by atoms with Crippen molar-refractivity contribution in [1.82, 2.24) is 14.5 Å². The Morgan fingerprint density at radius 2 is 2.12 bits per heavy atom. The molecule has 3 aromatic rings. The molecule has 0 aliphatic carbocycles. The first kappa shape index (κ1) is 15.8. The maximum Gasteiger partial charge on any atom is 0.327 e. The topological polar surface area (TPSA) is 89.0 Å². The Balaban J connectivity index is 1.91. The molecule has 0 fully saturated rings. The average molecular weight is 326 g/mol. The van der Waals surface area contributed by atoms with E-state index in [0.29, 0.717) is 28.4 Å². The number of imidazole rings is 1. The zero-order valence-corrected chi connectivity index (χ0v) is 13.7. The van der Waals surface area contributed by atoms with Crippen LogP contribution in [0.5, 0.6) is 11.5 Å². The summed E-state index contributed by atoms with van der Waals surface area (Å²) in [4.78, 5) is 30.4. The molecule has 0 bridgehead atoms. The molecule has 7 heteroatoms. The molecular formula is C17H18N4O3. The van der Waals surface area contributed by atoms with Gasteiger partial charge in [-0.1, -0.05) is 19.9 Å². The molecule has 3 rings (SSSR count). The normalized spacial score (nSPS) is 11.0. The first-order valence-electron chi connectivity index (χ1n) is 7.58. The third-order valence-corrected chi connectivity index (χ3v) is 3.60. The SMILES string of the molecule is CC(C)C(=O)Nc1cccc(Oc2ccnc3c2[nH]c(=O)n3C)c1. The number of aryl methyl sites for hydroxylation is 1. The van der Waals surface area contributed by atoms with Crippen LogP contribution in [-0.2, 0) is 11.8 Å². The lowest BCUT2D eigenvalue weighted by atomic mass is 10.2. The Morgan fingerprint density at radius 1 is 1.33 bits per heavy atom. The Kier molecular flexibility index (Phi) is 4.07. The third kappa shape index (κ3) is 3.01. The standard InChI is InChI=1S/C17H18N4O3/c1-10(2)16(22)19-11-5-4-6-12(9-11)24-13-7-8-18-15-14(13)20-17(23)21(15)3/h4-10H,1-3H3,(H,19,22)(H,20,23). The van der Waals surface area contributed by atoms with Crippen LogP contribution in [-0.4, -0.2) is 20.4 Å². The molecular weight excluding hydrogens is 308 g/mol. The second-order valence-electron chi connectivity index (χ2n) is 5.77. The van der Waals surface area contributed by atoms with Gasteiger partial charge in [0.15, 0.2) is 11.4 Å². The van der Waals surface area contributed by atoms with Crippen molar-refractivity contribution in [3.8, 4) is 11.5 Å². The zero-order valence-electron chi connectivity index (χ0n) is 13.7. The fourth-order valence-electron chi connectivity index (χ4n) is 2.23. The largest absolute Gasteiger partial charge is 0.455 e. The molecule has 2 N–H and O–H groups in total. The Bertz CT molecular complexity index is 956. The minimum atomic E-state index is -0.258. The smallest absolute Gasteiger partial charge is 0.327 e. The lowest BCUT2D eigenvalue weighted by molar-refractivity contribution is -0.118. The van der Waals surface area contributed by atoms with Gasteiger partial charge in [0.25, 0.3) is 0 Å². The Morgan fingerprint density at radius 3 is 2.88 bits per heavy atom. The fraction of sp³-hybridized carbons (Fsp3) is 0.235. The molecule has 2 heterocycles. The van der Waals surface area contributed by atoms with Crippen LogP contribution in [0.25, 0.3) is 11.2 Å². The molecule has 0 atom stereocenters. The summed E-state index contributed by atoms with van der Waals surface area (Å²) in [5.74, 6) is 0.869. The lowest BCUT2D eigenvalue weighted by Crippen LogP contribution is -2.17. The Hall–Kier alpha value is -3.09. The van der Waals surface area contributed by atoms with Crippen LogP contribution in [0, 0.1) is 5.92 Å². The van der Waals surface area contributed by atoms with Crippen molar-refractivity contribution in [3.63, 3.8) is 0 Å². The molecule has 0 radical (unpaired) electrons. The van der Waals surface area contributed by atoms with Crippen molar-refractivity contribution < 1.29 is 9.53 Å². The number of aromatic nitrogens is 3. The molecule has 7 nitrogen and oxygen atoms in total. The second-order valence-corrected chi connectivity index (χ2v) is 5.77. The molecule has 1 amide bonds. The van der Waals surface area contributed by atoms with Crippen LogP contribution in [0.1, 0.15) is 13.8 Å². The monoisotopic (exact) mass is 326 g/mol. The molecule has 1 aromatic carbocycles. The van der Waals surface area contributed by atoms with Crippen LogP contribution in [0.4, 0.5) is 5.69 Å². The van der Waals surface area contributed by atoms with E-state index in [1.165, 1.54) is 4.57 Å². The summed E-state index contributed by atoms with van der Waals surface area (Å²) >= 11 is 0. The van der Waals surface area contributed by atoms with Gasteiger partial charge in [-0.3, -0.25) is 9.36 Å². The number of fused-ring (bicyclic) bond motifs is 1. The van der Waals surface area contributed by atoms with Gasteiger partial charge < -0.3 is 15.0 Å². The van der Waals surface area contributed by atoms with Crippen molar-refractivity contribution in [2.75, 3.05) is 5.32 Å². The number of amides is 1. The van der Waals surface area contributed by atoms with E-state index in [4.69, 9.17) is 4.74 Å². The molecule has 0 aliphatic heterocycles. The van der Waals surface area contributed by atoms with Gasteiger partial charge in [-0.05, 0) is 12.1 Å². The van der Waals surface area contributed by atoms with Gasteiger partial charge in [0.2, 0.25) is 5.91 Å². The highest BCUT2D eigenvalue weighted by Crippen LogP contribution is 2.28. The van der Waals surface area contributed by atoms with Gasteiger partial charge in [-0.25, -0.2) is 9.78 Å². The van der Waals surface area contributed by atoms with Crippen molar-refractivity contribution in [1.29, 1.82) is 0 Å². The molecule has 0 spiro atoms. The number of benzene rings is 1. The first-order valence-corrected chi connectivity index (χ1v) is 7.58. The van der Waals surface area contributed by atoms with Gasteiger partial charge in [-0.15, -0.1) is 0 Å². The average Bonchev–Trinajstić information content (AvgIpc) is 2.84. The highest BCUT2D eigenvalue weighted by atomic mass is 16.5. The summed E-state index contributed by atoms with van der Waals surface area (Å²) < 4.78 is 7.29. The molecule has 124 valence electrons. The van der Waals surface area contributed by atoms with E-state index in [9.17, 15) is 9.59 Å². The van der Waals surface area contributed by atoms with Crippen LogP contribution in [0.15, 0.2) is 41.3 Å². The number of nitrogens with zero attached hydrogens (tertiary/aromatic N) is 2. The molecule has 2 aromatic heterocycles. The number of pyridine rings is 1. The number of ether oxygens (including phenoxy) is 1. The highest BCUT2D eigenvalue weighted by Gasteiger charge is 2.12. The highest BCUT2D eigenvalue weighted by molar-refractivity contribution is 5.92. The van der Waals surface area contributed by atoms with Gasteiger partial charge in [-0.2, -0.15) is 0 Å². The number of carbonyl (C=O) groups excluding carboxylic acids is 1. The number of hydrogen-bond donors (Lipinski definition) is 2. The van der Waals surface area contributed by atoms with Crippen LogP contribution in [0.3, 0.4) is 0 Å². The molecule has 0 unspecified atom stereocenters. The van der Waals surface area contributed by atoms with Gasteiger partial charge in [0.05, 0.1) is 0 Å². The van der Waals surface area contributed by atoms with Crippen LogP contribution < -0.4 is 15.7 Å². The van der Waals surface area contributed by atoms with Crippen molar-refractivity contribution in [2.24, 2.45) is 13.0 Å². The third-order valence-electron chi connectivity index (χ3n) is 3.60. The minimum absolute atomic E-state index is 0.0640. The minimum Gasteiger partial charge on any atom is -0.455 e. The van der Waals surface area contributed by atoms with Crippen LogP contribution >= 0.6 is 0 Å². The first-order chi connectivity index (χ1) is 11.5. The number of nitrogens with one attached hydrogen (secondary N) is 2. The quantitative estimate of drug-likeness (QED) is 0.771. The molecule has 0 saturated heterocycles. The zero-order chi connectivity index (χ0) is 17.3. The van der Waals surface area contributed by atoms with E-state index < -0.39 is 0 Å². The summed E-state index contributed by atoms with van der Waals surface area (Å²) in [6.45, 7) is 3.66. The second kappa shape index (κ2) is 6.19. The van der Waals surface area contributed by atoms with Crippen LogP contribution in [0.2, 0.25) is 0 Å². The van der Waals surface area contributed by atoms with Crippen molar-refractivity contribution in [2.45, 2.75) is 13.8 Å². The predicted molar refractivity (Wildman–Crippen MR) is 91.3 cm³/mol. The van der Waals surface area contributed by atoms with Gasteiger partial charge >= 0.3 is 5.69 Å². The van der Waals surface area contributed by atoms with Gasteiger partial charge in [0, 0.05) is 37.0 Å². The summed E-state index contributed by atoms with van der Waals surface area (Å²) in [6, 6.07) is 8.76. The predicted octanol–water partition coefficient (Wildman–Crippen LogP) is 2.65. The van der Waals surface area contributed by atoms with E-state index in [2.05, 4.69) is 15.3 Å². The molecule has 0 saturated carbocycles. The number of hydrogen-bond acceptors (Lipinski definition) is 4. The van der Waals surface area contributed by atoms with E-state index in [1.54, 1.807) is 43.6 Å². The van der Waals surface area contributed by atoms with E-state index in [1.807, 2.05) is 13.8 Å². The molecule has 24 heavy (non-hydrogen) atoms. The fourth-order valence-corrected chi connectivity index (χ4v) is 2.23. The Labute approximate surface area is 138 Å². The summed E-state index contributed by atoms with van der Waals surface area (Å²) in [5, 5.41) is 2.82. The number of aromatic amines is 1. The lowest BCUT2D eigenvalue weighted by Gasteiger charge is -2.10. The summed E-state index contributed by atoms with van der Waals surface area (Å²) in [5.41, 5.74) is 1.44. The van der Waals surface area contributed by atoms with E-state index in [-0.39, 0.29) is 17.5 Å². The van der Waals surface area contributed by atoms with Crippen molar-refractivity contribution >= 4 is 22.8 Å². The molecule has 0 aliphatic rings. The van der Waals surface area contributed by atoms with Gasteiger partial charge in [0.1, 0.15) is 11.3 Å². The number of H-pyrrole nitrogens is 1. The summed E-state index contributed by atoms with van der Waals surface area (Å²) in [6.07, 6.45) is 1.58. The number of carbonyl (C=O) groups is 1. The van der Waals surface area contributed by atoms with Crippen molar-refractivity contribution in [3.05, 3.63) is 47.0 Å².